The van der Waals surface area contributed by atoms with Gasteiger partial charge in [-0.1, -0.05) is 0 Å². The van der Waals surface area contributed by atoms with Crippen molar-refractivity contribution in [2.75, 3.05) is 5.32 Å². The number of carbonyl (C=O) groups is 1. The zero-order valence-electron chi connectivity index (χ0n) is 9.94. The number of aryl methyl sites for hydroxylation is 1. The molecule has 0 aliphatic rings. The number of pyridine rings is 1. The summed E-state index contributed by atoms with van der Waals surface area (Å²) in [5, 5.41) is 5.49. The van der Waals surface area contributed by atoms with Crippen LogP contribution in [0.5, 0.6) is 0 Å². The summed E-state index contributed by atoms with van der Waals surface area (Å²) in [5.41, 5.74) is 0.824. The van der Waals surface area contributed by atoms with E-state index in [0.717, 1.165) is 10.2 Å². The lowest BCUT2D eigenvalue weighted by molar-refractivity contribution is 0.0950. The summed E-state index contributed by atoms with van der Waals surface area (Å²) in [6.07, 6.45) is 1.42. The van der Waals surface area contributed by atoms with Gasteiger partial charge >= 0.3 is 0 Å². The highest BCUT2D eigenvalue weighted by Crippen LogP contribution is 2.16. The topological polar surface area (TPSA) is 67.2 Å². The van der Waals surface area contributed by atoms with Crippen molar-refractivity contribution in [2.45, 2.75) is 6.92 Å². The first-order valence-electron chi connectivity index (χ1n) is 5.35. The van der Waals surface area contributed by atoms with Gasteiger partial charge in [0.1, 0.15) is 5.82 Å². The number of hydrogen-bond donors (Lipinski definition) is 2. The first kappa shape index (κ1) is 13.7. The number of furan rings is 1. The predicted molar refractivity (Wildman–Crippen MR) is 79.1 cm³/mol. The Kier molecular flexibility index (Phi) is 4.28. The van der Waals surface area contributed by atoms with E-state index in [1.165, 1.54) is 6.26 Å². The van der Waals surface area contributed by atoms with Gasteiger partial charge in [-0.25, -0.2) is 4.98 Å². The van der Waals surface area contributed by atoms with Gasteiger partial charge in [-0.2, -0.15) is 0 Å². The Balaban J connectivity index is 1.98. The molecule has 0 aliphatic carbocycles. The van der Waals surface area contributed by atoms with Crippen LogP contribution in [0.3, 0.4) is 0 Å². The third kappa shape index (κ3) is 3.62. The molecule has 5 nitrogen and oxygen atoms in total. The van der Waals surface area contributed by atoms with E-state index in [4.69, 9.17) is 16.6 Å². The van der Waals surface area contributed by atoms with Crippen molar-refractivity contribution in [1.82, 2.24) is 10.3 Å². The van der Waals surface area contributed by atoms with Crippen molar-refractivity contribution >= 4 is 45.0 Å². The smallest absolute Gasteiger partial charge is 0.293 e. The Morgan fingerprint density at radius 2 is 2.21 bits per heavy atom. The Morgan fingerprint density at radius 3 is 2.84 bits per heavy atom. The van der Waals surface area contributed by atoms with E-state index in [2.05, 4.69) is 31.5 Å². The van der Waals surface area contributed by atoms with Crippen molar-refractivity contribution < 1.29 is 9.21 Å². The van der Waals surface area contributed by atoms with Crippen LogP contribution in [0.15, 0.2) is 39.4 Å². The van der Waals surface area contributed by atoms with E-state index >= 15 is 0 Å². The monoisotopic (exact) mass is 339 g/mol. The first-order chi connectivity index (χ1) is 9.06. The summed E-state index contributed by atoms with van der Waals surface area (Å²) in [7, 11) is 0. The molecule has 2 heterocycles. The van der Waals surface area contributed by atoms with E-state index in [1.807, 2.05) is 13.0 Å². The van der Waals surface area contributed by atoms with Crippen LogP contribution < -0.4 is 10.6 Å². The van der Waals surface area contributed by atoms with E-state index in [0.29, 0.717) is 5.82 Å². The molecule has 0 aromatic carbocycles. The number of nitrogens with zero attached hydrogens (tertiary/aromatic N) is 1. The maximum atomic E-state index is 11.7. The lowest BCUT2D eigenvalue weighted by Crippen LogP contribution is -2.34. The number of halogens is 1. The number of thiocarbonyl (C=S) groups is 1. The van der Waals surface area contributed by atoms with Gasteiger partial charge in [0.25, 0.3) is 5.91 Å². The number of amides is 1. The van der Waals surface area contributed by atoms with Gasteiger partial charge < -0.3 is 9.73 Å². The second kappa shape index (κ2) is 5.94. The molecule has 0 saturated heterocycles. The molecular weight excluding hydrogens is 330 g/mol. The van der Waals surface area contributed by atoms with Crippen molar-refractivity contribution in [3.8, 4) is 0 Å². The van der Waals surface area contributed by atoms with Crippen molar-refractivity contribution in [2.24, 2.45) is 0 Å². The quantitative estimate of drug-likeness (QED) is 0.823. The SMILES string of the molecule is Cc1nc(NC(=S)NC(=O)c2ccco2)ccc1Br. The molecule has 0 atom stereocenters. The molecule has 2 rings (SSSR count). The van der Waals surface area contributed by atoms with Crippen molar-refractivity contribution in [1.29, 1.82) is 0 Å². The van der Waals surface area contributed by atoms with Crippen molar-refractivity contribution in [3.63, 3.8) is 0 Å². The second-order valence-electron chi connectivity index (χ2n) is 3.65. The van der Waals surface area contributed by atoms with Crippen LogP contribution in [0.25, 0.3) is 0 Å². The maximum absolute atomic E-state index is 11.7. The molecule has 98 valence electrons. The lowest BCUT2D eigenvalue weighted by atomic mass is 10.4. The van der Waals surface area contributed by atoms with Gasteiger partial charge in [-0.3, -0.25) is 10.1 Å². The first-order valence-corrected chi connectivity index (χ1v) is 6.55. The highest BCUT2D eigenvalue weighted by atomic mass is 79.9. The molecule has 0 aliphatic heterocycles. The number of hydrogen-bond acceptors (Lipinski definition) is 4. The molecule has 7 heteroatoms. The maximum Gasteiger partial charge on any atom is 0.293 e. The summed E-state index contributed by atoms with van der Waals surface area (Å²) in [5.74, 6) is 0.353. The highest BCUT2D eigenvalue weighted by molar-refractivity contribution is 9.10. The second-order valence-corrected chi connectivity index (χ2v) is 4.91. The van der Waals surface area contributed by atoms with Crippen LogP contribution >= 0.6 is 28.1 Å². The largest absolute Gasteiger partial charge is 0.459 e. The fourth-order valence-corrected chi connectivity index (χ4v) is 1.75. The summed E-state index contributed by atoms with van der Waals surface area (Å²) in [6, 6.07) is 6.79. The minimum absolute atomic E-state index is 0.163. The van der Waals surface area contributed by atoms with Gasteiger partial charge in [0.2, 0.25) is 0 Å². The molecule has 2 aromatic heterocycles. The average molecular weight is 340 g/mol. The van der Waals surface area contributed by atoms with Gasteiger partial charge in [0.15, 0.2) is 10.9 Å². The third-order valence-corrected chi connectivity index (χ3v) is 3.28. The van der Waals surface area contributed by atoms with Gasteiger partial charge in [-0.15, -0.1) is 0 Å². The Hall–Kier alpha value is -1.73. The molecule has 1 amide bonds. The van der Waals surface area contributed by atoms with E-state index in [1.54, 1.807) is 18.2 Å². The van der Waals surface area contributed by atoms with Crippen LogP contribution in [0, 0.1) is 6.92 Å². The minimum atomic E-state index is -0.406. The molecular formula is C12H10BrN3O2S. The normalized spacial score (nSPS) is 10.0. The highest BCUT2D eigenvalue weighted by Gasteiger charge is 2.10. The minimum Gasteiger partial charge on any atom is -0.459 e. The molecule has 2 aromatic rings. The zero-order valence-corrected chi connectivity index (χ0v) is 12.3. The summed E-state index contributed by atoms with van der Waals surface area (Å²) >= 11 is 8.38. The molecule has 0 saturated carbocycles. The van der Waals surface area contributed by atoms with Crippen molar-refractivity contribution in [3.05, 3.63) is 46.5 Å². The Morgan fingerprint density at radius 1 is 1.42 bits per heavy atom. The number of carbonyl (C=O) groups excluding carboxylic acids is 1. The van der Waals surface area contributed by atoms with Gasteiger partial charge in [0, 0.05) is 4.47 Å². The Bertz CT molecular complexity index is 613. The van der Waals surface area contributed by atoms with E-state index < -0.39 is 5.91 Å². The van der Waals surface area contributed by atoms with Crippen LogP contribution in [-0.2, 0) is 0 Å². The summed E-state index contributed by atoms with van der Waals surface area (Å²) in [6.45, 7) is 1.86. The van der Waals surface area contributed by atoms with Crippen LogP contribution in [-0.4, -0.2) is 16.0 Å². The molecule has 0 radical (unpaired) electrons. The summed E-state index contributed by atoms with van der Waals surface area (Å²) in [4.78, 5) is 15.9. The Labute approximate surface area is 123 Å². The number of anilines is 1. The third-order valence-electron chi connectivity index (χ3n) is 2.23. The number of rotatable bonds is 2. The zero-order chi connectivity index (χ0) is 13.8. The molecule has 0 unspecified atom stereocenters. The van der Waals surface area contributed by atoms with Gasteiger partial charge in [-0.05, 0) is 59.3 Å². The molecule has 2 N–H and O–H groups in total. The van der Waals surface area contributed by atoms with Crippen LogP contribution in [0.4, 0.5) is 5.82 Å². The molecule has 19 heavy (non-hydrogen) atoms. The molecule has 0 spiro atoms. The standard InChI is InChI=1S/C12H10BrN3O2S/c1-7-8(13)4-5-10(14-7)15-12(19)16-11(17)9-3-2-6-18-9/h2-6H,1H3,(H2,14,15,16,17,19). The number of aromatic nitrogens is 1. The van der Waals surface area contributed by atoms with E-state index in [9.17, 15) is 4.79 Å². The average Bonchev–Trinajstić information content (AvgIpc) is 2.87. The predicted octanol–water partition coefficient (Wildman–Crippen LogP) is 2.87. The summed E-state index contributed by atoms with van der Waals surface area (Å²) < 4.78 is 5.87. The van der Waals surface area contributed by atoms with Crippen LogP contribution in [0.1, 0.15) is 16.2 Å². The molecule has 0 fully saturated rings. The number of nitrogens with one attached hydrogen (secondary N) is 2. The van der Waals surface area contributed by atoms with E-state index in [-0.39, 0.29) is 10.9 Å². The lowest BCUT2D eigenvalue weighted by Gasteiger charge is -2.08. The molecule has 0 bridgehead atoms. The van der Waals surface area contributed by atoms with Crippen LogP contribution in [0.2, 0.25) is 0 Å². The van der Waals surface area contributed by atoms with Gasteiger partial charge in [0.05, 0.1) is 12.0 Å². The fourth-order valence-electron chi connectivity index (χ4n) is 1.33. The fraction of sp³-hybridized carbons (Fsp3) is 0.0833.